The molecule has 1 saturated heterocycles. The third-order valence-corrected chi connectivity index (χ3v) is 4.62. The van der Waals surface area contributed by atoms with E-state index in [2.05, 4.69) is 56.6 Å². The van der Waals surface area contributed by atoms with E-state index in [4.69, 9.17) is 4.74 Å². The summed E-state index contributed by atoms with van der Waals surface area (Å²) in [4.78, 5) is 9.27. The fourth-order valence-electron chi connectivity index (χ4n) is 2.96. The number of nitrogens with zero attached hydrogens (tertiary/aromatic N) is 3. The molecule has 2 rings (SSSR count). The Morgan fingerprint density at radius 2 is 1.65 bits per heavy atom. The van der Waals surface area contributed by atoms with Gasteiger partial charge in [0, 0.05) is 60.0 Å². The van der Waals surface area contributed by atoms with E-state index in [1.165, 1.54) is 43.9 Å². The zero-order valence-electron chi connectivity index (χ0n) is 16.3. The Hall–Kier alpha value is -0.900. The molecule has 0 saturated carbocycles. The number of nitrogens with one attached hydrogen (secondary N) is 2. The van der Waals surface area contributed by atoms with Crippen molar-refractivity contribution in [2.45, 2.75) is 20.0 Å². The number of hydrogen-bond acceptors (Lipinski definition) is 4. The van der Waals surface area contributed by atoms with E-state index in [9.17, 15) is 0 Å². The number of benzene rings is 1. The summed E-state index contributed by atoms with van der Waals surface area (Å²) in [5, 5.41) is 6.54. The van der Waals surface area contributed by atoms with Gasteiger partial charge < -0.3 is 20.3 Å². The summed E-state index contributed by atoms with van der Waals surface area (Å²) in [7, 11) is 3.48. The molecule has 1 aliphatic rings. The first kappa shape index (κ1) is 23.1. The van der Waals surface area contributed by atoms with Crippen LogP contribution in [0.1, 0.15) is 18.1 Å². The fourth-order valence-corrected chi connectivity index (χ4v) is 2.96. The molecule has 0 bridgehead atoms. The third-order valence-electron chi connectivity index (χ3n) is 4.62. The van der Waals surface area contributed by atoms with Gasteiger partial charge in [-0.25, -0.2) is 0 Å². The molecule has 0 atom stereocenters. The molecule has 7 heteroatoms. The Morgan fingerprint density at radius 3 is 2.23 bits per heavy atom. The van der Waals surface area contributed by atoms with Crippen molar-refractivity contribution < 1.29 is 4.74 Å². The van der Waals surface area contributed by atoms with Crippen molar-refractivity contribution in [3.05, 3.63) is 35.4 Å². The second-order valence-electron chi connectivity index (χ2n) is 6.37. The third kappa shape index (κ3) is 8.20. The molecule has 1 fully saturated rings. The topological polar surface area (TPSA) is 52.1 Å². The van der Waals surface area contributed by atoms with Crippen molar-refractivity contribution >= 4 is 29.9 Å². The molecule has 1 aromatic carbocycles. The Kier molecular flexibility index (Phi) is 11.8. The van der Waals surface area contributed by atoms with Crippen LogP contribution in [-0.2, 0) is 17.8 Å². The van der Waals surface area contributed by atoms with Crippen LogP contribution in [0, 0.1) is 0 Å². The second-order valence-corrected chi connectivity index (χ2v) is 6.37. The summed E-state index contributed by atoms with van der Waals surface area (Å²) in [5.41, 5.74) is 2.64. The lowest BCUT2D eigenvalue weighted by molar-refractivity contribution is 0.132. The van der Waals surface area contributed by atoms with Crippen LogP contribution in [0.15, 0.2) is 29.3 Å². The number of hydrogen-bond donors (Lipinski definition) is 2. The molecule has 0 amide bonds. The number of aliphatic imine (C=N–C) groups is 1. The highest BCUT2D eigenvalue weighted by atomic mass is 127. The quantitative estimate of drug-likeness (QED) is 0.260. The predicted octanol–water partition coefficient (Wildman–Crippen LogP) is 1.75. The van der Waals surface area contributed by atoms with Gasteiger partial charge in [-0.05, 0) is 17.7 Å². The number of methoxy groups -OCH3 is 1. The zero-order valence-corrected chi connectivity index (χ0v) is 18.7. The lowest BCUT2D eigenvalue weighted by atomic mass is 10.1. The number of ether oxygens (including phenoxy) is 1. The van der Waals surface area contributed by atoms with Gasteiger partial charge in [0.2, 0.25) is 0 Å². The first-order valence-corrected chi connectivity index (χ1v) is 9.21. The van der Waals surface area contributed by atoms with E-state index in [0.717, 1.165) is 25.6 Å². The molecule has 0 unspecified atom stereocenters. The minimum absolute atomic E-state index is 0. The molecule has 26 heavy (non-hydrogen) atoms. The van der Waals surface area contributed by atoms with E-state index in [-0.39, 0.29) is 24.0 Å². The van der Waals surface area contributed by atoms with Gasteiger partial charge in [0.05, 0.1) is 6.61 Å². The van der Waals surface area contributed by atoms with Crippen molar-refractivity contribution in [2.75, 3.05) is 60.0 Å². The monoisotopic (exact) mass is 475 g/mol. The number of piperazine rings is 1. The van der Waals surface area contributed by atoms with Crippen LogP contribution >= 0.6 is 24.0 Å². The van der Waals surface area contributed by atoms with Crippen LogP contribution < -0.4 is 10.6 Å². The molecular formula is C19H34IN5O. The van der Waals surface area contributed by atoms with Crippen LogP contribution in [-0.4, -0.2) is 75.8 Å². The average molecular weight is 475 g/mol. The normalized spacial score (nSPS) is 16.2. The molecular weight excluding hydrogens is 441 g/mol. The van der Waals surface area contributed by atoms with E-state index >= 15 is 0 Å². The first-order chi connectivity index (χ1) is 12.2. The number of halogens is 1. The summed E-state index contributed by atoms with van der Waals surface area (Å²) in [6.45, 7) is 11.3. The first-order valence-electron chi connectivity index (χ1n) is 9.21. The van der Waals surface area contributed by atoms with Crippen molar-refractivity contribution in [3.63, 3.8) is 0 Å². The minimum Gasteiger partial charge on any atom is -0.383 e. The number of likely N-dealkylation sites (N-methyl/N-ethyl adjacent to an activating group) is 1. The van der Waals surface area contributed by atoms with Crippen molar-refractivity contribution in [2.24, 2.45) is 4.99 Å². The van der Waals surface area contributed by atoms with E-state index in [1.54, 1.807) is 14.2 Å². The number of rotatable bonds is 8. The molecule has 1 heterocycles. The van der Waals surface area contributed by atoms with Crippen molar-refractivity contribution in [3.8, 4) is 0 Å². The average Bonchev–Trinajstić information content (AvgIpc) is 2.66. The van der Waals surface area contributed by atoms with E-state index in [1.807, 2.05) is 0 Å². The minimum atomic E-state index is 0. The lowest BCUT2D eigenvalue weighted by Gasteiger charge is -2.34. The Labute approximate surface area is 175 Å². The van der Waals surface area contributed by atoms with Gasteiger partial charge in [-0.3, -0.25) is 9.89 Å². The van der Waals surface area contributed by atoms with Gasteiger partial charge in [-0.2, -0.15) is 0 Å². The van der Waals surface area contributed by atoms with Gasteiger partial charge in [-0.15, -0.1) is 24.0 Å². The van der Waals surface area contributed by atoms with Crippen LogP contribution in [0.2, 0.25) is 0 Å². The van der Waals surface area contributed by atoms with E-state index < -0.39 is 0 Å². The Balaban J connectivity index is 0.00000338. The molecule has 0 radical (unpaired) electrons. The molecule has 0 aliphatic carbocycles. The summed E-state index contributed by atoms with van der Waals surface area (Å²) in [6, 6.07) is 8.88. The largest absolute Gasteiger partial charge is 0.383 e. The molecule has 1 aliphatic heterocycles. The SMILES string of the molecule is CCN1CCN(Cc2ccc(CNC(=NC)NCCOC)cc2)CC1.I. The van der Waals surface area contributed by atoms with Gasteiger partial charge in [0.15, 0.2) is 5.96 Å². The van der Waals surface area contributed by atoms with Crippen LogP contribution in [0.5, 0.6) is 0 Å². The van der Waals surface area contributed by atoms with Gasteiger partial charge in [0.25, 0.3) is 0 Å². The van der Waals surface area contributed by atoms with E-state index in [0.29, 0.717) is 6.61 Å². The van der Waals surface area contributed by atoms with Crippen molar-refractivity contribution in [1.82, 2.24) is 20.4 Å². The molecule has 2 N–H and O–H groups in total. The maximum atomic E-state index is 5.04. The summed E-state index contributed by atoms with van der Waals surface area (Å²) in [5.74, 6) is 0.801. The fraction of sp³-hybridized carbons (Fsp3) is 0.632. The zero-order chi connectivity index (χ0) is 17.9. The van der Waals surface area contributed by atoms with Gasteiger partial charge in [-0.1, -0.05) is 31.2 Å². The highest BCUT2D eigenvalue weighted by Gasteiger charge is 2.15. The summed E-state index contributed by atoms with van der Waals surface area (Å²) in [6.07, 6.45) is 0. The standard InChI is InChI=1S/C19H33N5O.HI/c1-4-23-10-12-24(13-11-23)16-18-7-5-17(6-8-18)15-22-19(20-2)21-9-14-25-3;/h5-8H,4,9-16H2,1-3H3,(H2,20,21,22);1H. The summed E-state index contributed by atoms with van der Waals surface area (Å²) >= 11 is 0. The number of guanidine groups is 1. The maximum absolute atomic E-state index is 5.04. The maximum Gasteiger partial charge on any atom is 0.191 e. The van der Waals surface area contributed by atoms with Crippen LogP contribution in [0.4, 0.5) is 0 Å². The smallest absolute Gasteiger partial charge is 0.191 e. The highest BCUT2D eigenvalue weighted by molar-refractivity contribution is 14.0. The van der Waals surface area contributed by atoms with Gasteiger partial charge in [0.1, 0.15) is 0 Å². The molecule has 148 valence electrons. The molecule has 0 aromatic heterocycles. The second kappa shape index (κ2) is 13.3. The predicted molar refractivity (Wildman–Crippen MR) is 119 cm³/mol. The lowest BCUT2D eigenvalue weighted by Crippen LogP contribution is -2.45. The Bertz CT molecular complexity index is 515. The molecule has 6 nitrogen and oxygen atoms in total. The van der Waals surface area contributed by atoms with Gasteiger partial charge >= 0.3 is 0 Å². The molecule has 0 spiro atoms. The Morgan fingerprint density at radius 1 is 1.04 bits per heavy atom. The molecule has 1 aromatic rings. The van der Waals surface area contributed by atoms with Crippen LogP contribution in [0.3, 0.4) is 0 Å². The summed E-state index contributed by atoms with van der Waals surface area (Å²) < 4.78 is 5.04. The van der Waals surface area contributed by atoms with Crippen LogP contribution in [0.25, 0.3) is 0 Å². The van der Waals surface area contributed by atoms with Crippen molar-refractivity contribution in [1.29, 1.82) is 0 Å². The highest BCUT2D eigenvalue weighted by Crippen LogP contribution is 2.10.